The lowest BCUT2D eigenvalue weighted by atomic mass is 10.0. The molecule has 2 aromatic carbocycles. The van der Waals surface area contributed by atoms with E-state index in [2.05, 4.69) is 51.9 Å². The summed E-state index contributed by atoms with van der Waals surface area (Å²) in [6.07, 6.45) is 0. The van der Waals surface area contributed by atoms with E-state index in [1.807, 2.05) is 25.1 Å². The average molecular weight is 250 g/mol. The minimum Gasteiger partial charge on any atom is -0.226 e. The summed E-state index contributed by atoms with van der Waals surface area (Å²) < 4.78 is 1.79. The molecular weight excluding hydrogens is 236 g/mol. The first-order valence-electron chi connectivity index (χ1n) is 6.30. The van der Waals surface area contributed by atoms with E-state index in [0.29, 0.717) is 0 Å². The van der Waals surface area contributed by atoms with Gasteiger partial charge in [0.25, 0.3) is 0 Å². The predicted octanol–water partition coefficient (Wildman–Crippen LogP) is 3.03. The molecule has 4 heteroatoms. The Morgan fingerprint density at radius 2 is 1.47 bits per heavy atom. The van der Waals surface area contributed by atoms with Crippen LogP contribution in [0.3, 0.4) is 0 Å². The second kappa shape index (κ2) is 5.02. The SMILES string of the molecule is CCn1nnnc1-c1ccc(-c2ccccc2)cc1. The van der Waals surface area contributed by atoms with E-state index >= 15 is 0 Å². The Labute approximate surface area is 111 Å². The van der Waals surface area contributed by atoms with Gasteiger partial charge in [0.1, 0.15) is 0 Å². The minimum atomic E-state index is 0.767. The van der Waals surface area contributed by atoms with E-state index in [-0.39, 0.29) is 0 Å². The molecule has 0 bridgehead atoms. The quantitative estimate of drug-likeness (QED) is 0.717. The third-order valence-electron chi connectivity index (χ3n) is 3.08. The van der Waals surface area contributed by atoms with Gasteiger partial charge in [-0.3, -0.25) is 0 Å². The number of hydrogen-bond acceptors (Lipinski definition) is 3. The van der Waals surface area contributed by atoms with Crippen LogP contribution in [0.2, 0.25) is 0 Å². The summed E-state index contributed by atoms with van der Waals surface area (Å²) >= 11 is 0. The van der Waals surface area contributed by atoms with Crippen molar-refractivity contribution in [2.45, 2.75) is 13.5 Å². The van der Waals surface area contributed by atoms with Crippen LogP contribution in [0.15, 0.2) is 54.6 Å². The lowest BCUT2D eigenvalue weighted by Crippen LogP contribution is -1.99. The molecule has 94 valence electrons. The molecule has 0 spiro atoms. The van der Waals surface area contributed by atoms with Gasteiger partial charge < -0.3 is 0 Å². The summed E-state index contributed by atoms with van der Waals surface area (Å²) in [5.74, 6) is 0.808. The zero-order valence-electron chi connectivity index (χ0n) is 10.7. The van der Waals surface area contributed by atoms with Gasteiger partial charge in [0, 0.05) is 12.1 Å². The molecule has 3 aromatic rings. The number of rotatable bonds is 3. The van der Waals surface area contributed by atoms with Crippen molar-refractivity contribution in [2.24, 2.45) is 0 Å². The highest BCUT2D eigenvalue weighted by Crippen LogP contribution is 2.23. The molecule has 1 heterocycles. The molecule has 0 saturated carbocycles. The number of aryl methyl sites for hydroxylation is 1. The Kier molecular flexibility index (Phi) is 3.06. The fraction of sp³-hybridized carbons (Fsp3) is 0.133. The molecule has 0 N–H and O–H groups in total. The van der Waals surface area contributed by atoms with Crippen molar-refractivity contribution in [1.29, 1.82) is 0 Å². The molecular formula is C15H14N4. The third-order valence-corrected chi connectivity index (χ3v) is 3.08. The highest BCUT2D eigenvalue weighted by molar-refractivity contribution is 5.67. The normalized spacial score (nSPS) is 10.6. The summed E-state index contributed by atoms with van der Waals surface area (Å²) in [7, 11) is 0. The van der Waals surface area contributed by atoms with Crippen LogP contribution in [0.5, 0.6) is 0 Å². The minimum absolute atomic E-state index is 0.767. The van der Waals surface area contributed by atoms with Crippen molar-refractivity contribution in [3.05, 3.63) is 54.6 Å². The second-order valence-corrected chi connectivity index (χ2v) is 4.26. The van der Waals surface area contributed by atoms with E-state index in [1.165, 1.54) is 11.1 Å². The molecule has 3 rings (SSSR count). The van der Waals surface area contributed by atoms with Crippen molar-refractivity contribution < 1.29 is 0 Å². The monoisotopic (exact) mass is 250 g/mol. The first-order valence-corrected chi connectivity index (χ1v) is 6.30. The molecule has 0 aliphatic carbocycles. The van der Waals surface area contributed by atoms with Crippen molar-refractivity contribution in [3.63, 3.8) is 0 Å². The Hall–Kier alpha value is -2.49. The molecule has 0 aliphatic heterocycles. The maximum Gasteiger partial charge on any atom is 0.181 e. The molecule has 0 aliphatic rings. The van der Waals surface area contributed by atoms with Crippen LogP contribution in [0.4, 0.5) is 0 Å². The van der Waals surface area contributed by atoms with Crippen LogP contribution in [0.1, 0.15) is 6.92 Å². The standard InChI is InChI=1S/C15H14N4/c1-2-19-15(16-17-18-19)14-10-8-13(9-11-14)12-6-4-3-5-7-12/h3-11H,2H2,1H3. The maximum absolute atomic E-state index is 4.06. The van der Waals surface area contributed by atoms with Crippen LogP contribution >= 0.6 is 0 Å². The van der Waals surface area contributed by atoms with Gasteiger partial charge in [-0.1, -0.05) is 54.6 Å². The predicted molar refractivity (Wildman–Crippen MR) is 74.4 cm³/mol. The molecule has 4 nitrogen and oxygen atoms in total. The van der Waals surface area contributed by atoms with E-state index < -0.39 is 0 Å². The molecule has 0 unspecified atom stereocenters. The van der Waals surface area contributed by atoms with Gasteiger partial charge in [-0.15, -0.1) is 5.10 Å². The Morgan fingerprint density at radius 1 is 0.842 bits per heavy atom. The van der Waals surface area contributed by atoms with Crippen LogP contribution < -0.4 is 0 Å². The van der Waals surface area contributed by atoms with Gasteiger partial charge in [0.15, 0.2) is 5.82 Å². The number of tetrazole rings is 1. The molecule has 0 amide bonds. The zero-order valence-corrected chi connectivity index (χ0v) is 10.7. The van der Waals surface area contributed by atoms with Gasteiger partial charge in [-0.25, -0.2) is 4.68 Å². The third kappa shape index (κ3) is 2.25. The average Bonchev–Trinajstić information content (AvgIpc) is 2.97. The fourth-order valence-corrected chi connectivity index (χ4v) is 2.07. The summed E-state index contributed by atoms with van der Waals surface area (Å²) in [6, 6.07) is 18.6. The van der Waals surface area contributed by atoms with Crippen LogP contribution in [-0.2, 0) is 6.54 Å². The van der Waals surface area contributed by atoms with E-state index in [9.17, 15) is 0 Å². The lowest BCUT2D eigenvalue weighted by molar-refractivity contribution is 0.631. The lowest BCUT2D eigenvalue weighted by Gasteiger charge is -2.04. The van der Waals surface area contributed by atoms with Crippen LogP contribution in [-0.4, -0.2) is 20.2 Å². The molecule has 0 atom stereocenters. The van der Waals surface area contributed by atoms with Crippen molar-refractivity contribution in [3.8, 4) is 22.5 Å². The summed E-state index contributed by atoms with van der Waals surface area (Å²) in [5, 5.41) is 11.7. The summed E-state index contributed by atoms with van der Waals surface area (Å²) in [5.41, 5.74) is 3.44. The topological polar surface area (TPSA) is 43.6 Å². The highest BCUT2D eigenvalue weighted by Gasteiger charge is 2.07. The largest absolute Gasteiger partial charge is 0.226 e. The first kappa shape index (κ1) is 11.6. The van der Waals surface area contributed by atoms with E-state index in [1.54, 1.807) is 4.68 Å². The number of hydrogen-bond donors (Lipinski definition) is 0. The first-order chi connectivity index (χ1) is 9.38. The number of aromatic nitrogens is 4. The highest BCUT2D eigenvalue weighted by atomic mass is 15.5. The van der Waals surface area contributed by atoms with Crippen molar-refractivity contribution in [2.75, 3.05) is 0 Å². The number of benzene rings is 2. The van der Waals surface area contributed by atoms with Gasteiger partial charge in [-0.05, 0) is 28.5 Å². The molecule has 1 aromatic heterocycles. The summed E-state index contributed by atoms with van der Waals surface area (Å²) in [6.45, 7) is 2.79. The van der Waals surface area contributed by atoms with E-state index in [0.717, 1.165) is 17.9 Å². The van der Waals surface area contributed by atoms with E-state index in [4.69, 9.17) is 0 Å². The Morgan fingerprint density at radius 3 is 2.16 bits per heavy atom. The Bertz CT molecular complexity index is 656. The van der Waals surface area contributed by atoms with Crippen LogP contribution in [0, 0.1) is 0 Å². The Balaban J connectivity index is 1.96. The molecule has 0 saturated heterocycles. The van der Waals surface area contributed by atoms with Crippen molar-refractivity contribution in [1.82, 2.24) is 20.2 Å². The van der Waals surface area contributed by atoms with Gasteiger partial charge >= 0.3 is 0 Å². The van der Waals surface area contributed by atoms with Gasteiger partial charge in [-0.2, -0.15) is 0 Å². The second-order valence-electron chi connectivity index (χ2n) is 4.26. The molecule has 19 heavy (non-hydrogen) atoms. The summed E-state index contributed by atoms with van der Waals surface area (Å²) in [4.78, 5) is 0. The molecule has 0 fully saturated rings. The zero-order chi connectivity index (χ0) is 13.1. The van der Waals surface area contributed by atoms with Gasteiger partial charge in [0.05, 0.1) is 0 Å². The maximum atomic E-state index is 4.06. The molecule has 0 radical (unpaired) electrons. The smallest absolute Gasteiger partial charge is 0.181 e. The number of nitrogens with zero attached hydrogens (tertiary/aromatic N) is 4. The van der Waals surface area contributed by atoms with Crippen molar-refractivity contribution >= 4 is 0 Å². The fourth-order valence-electron chi connectivity index (χ4n) is 2.07. The van der Waals surface area contributed by atoms with Gasteiger partial charge in [0.2, 0.25) is 0 Å². The van der Waals surface area contributed by atoms with Crippen LogP contribution in [0.25, 0.3) is 22.5 Å².